The molecule has 1 aliphatic rings. The van der Waals surface area contributed by atoms with Gasteiger partial charge in [-0.1, -0.05) is 19.4 Å². The molecule has 0 spiro atoms. The molecule has 0 aromatic heterocycles. The van der Waals surface area contributed by atoms with Gasteiger partial charge in [-0.25, -0.2) is 0 Å². The lowest BCUT2D eigenvalue weighted by molar-refractivity contribution is 0.0189. The number of phenols is 4. The van der Waals surface area contributed by atoms with E-state index in [9.17, 15) is 25.5 Å². The van der Waals surface area contributed by atoms with E-state index in [-0.39, 0.29) is 29.4 Å². The minimum atomic E-state index is -0.939. The topological polar surface area (TPSA) is 110 Å². The summed E-state index contributed by atoms with van der Waals surface area (Å²) in [7, 11) is 0. The van der Waals surface area contributed by atoms with Crippen LogP contribution in [0.3, 0.4) is 0 Å². The molecule has 0 unspecified atom stereocenters. The largest absolute Gasteiger partial charge is 0.507 e. The lowest BCUT2D eigenvalue weighted by Gasteiger charge is -2.33. The van der Waals surface area contributed by atoms with E-state index in [0.29, 0.717) is 28.9 Å². The minimum Gasteiger partial charge on any atom is -0.507 e. The van der Waals surface area contributed by atoms with Crippen LogP contribution >= 0.6 is 0 Å². The van der Waals surface area contributed by atoms with Crippen LogP contribution in [-0.4, -0.2) is 31.6 Å². The Morgan fingerprint density at radius 2 is 1.75 bits per heavy atom. The highest BCUT2D eigenvalue weighted by Crippen LogP contribution is 2.46. The summed E-state index contributed by atoms with van der Waals surface area (Å²) >= 11 is 0. The molecule has 0 saturated carbocycles. The Kier molecular flexibility index (Phi) is 4.15. The van der Waals surface area contributed by atoms with Crippen LogP contribution in [0.4, 0.5) is 0 Å². The second-order valence-electron chi connectivity index (χ2n) is 6.01. The molecule has 3 rings (SSSR count). The van der Waals surface area contributed by atoms with Gasteiger partial charge in [-0.15, -0.1) is 0 Å². The number of aliphatic hydroxyl groups excluding tert-OH is 1. The number of benzene rings is 2. The van der Waals surface area contributed by atoms with E-state index < -0.39 is 12.2 Å². The monoisotopic (exact) mass is 332 g/mol. The van der Waals surface area contributed by atoms with Gasteiger partial charge in [0.15, 0.2) is 11.5 Å². The zero-order chi connectivity index (χ0) is 17.4. The van der Waals surface area contributed by atoms with E-state index in [1.807, 2.05) is 6.92 Å². The molecule has 2 aromatic rings. The van der Waals surface area contributed by atoms with Gasteiger partial charge >= 0.3 is 0 Å². The predicted octanol–water partition coefficient (Wildman–Crippen LogP) is 2.50. The third kappa shape index (κ3) is 2.69. The molecule has 1 aliphatic heterocycles. The number of hydrogen-bond donors (Lipinski definition) is 5. The molecule has 0 radical (unpaired) electrons. The zero-order valence-electron chi connectivity index (χ0n) is 13.2. The molecule has 2 atom stereocenters. The first-order chi connectivity index (χ1) is 11.4. The Hall–Kier alpha value is -2.60. The lowest BCUT2D eigenvalue weighted by Crippen LogP contribution is -2.31. The van der Waals surface area contributed by atoms with Crippen LogP contribution in [0.15, 0.2) is 24.3 Å². The molecule has 0 aliphatic carbocycles. The summed E-state index contributed by atoms with van der Waals surface area (Å²) < 4.78 is 5.91. The van der Waals surface area contributed by atoms with E-state index in [1.165, 1.54) is 18.2 Å². The van der Waals surface area contributed by atoms with Crippen molar-refractivity contribution in [2.75, 3.05) is 0 Å². The number of aromatic hydroxyl groups is 4. The fourth-order valence-electron chi connectivity index (χ4n) is 3.08. The molecule has 0 fully saturated rings. The molecule has 0 amide bonds. The lowest BCUT2D eigenvalue weighted by atomic mass is 9.91. The first kappa shape index (κ1) is 16.3. The molecule has 24 heavy (non-hydrogen) atoms. The van der Waals surface area contributed by atoms with Gasteiger partial charge in [0.05, 0.1) is 6.10 Å². The van der Waals surface area contributed by atoms with Crippen LogP contribution in [0.1, 0.15) is 36.1 Å². The van der Waals surface area contributed by atoms with Crippen molar-refractivity contribution in [3.63, 3.8) is 0 Å². The summed E-state index contributed by atoms with van der Waals surface area (Å²) in [5.41, 5.74) is 1.54. The van der Waals surface area contributed by atoms with Gasteiger partial charge in [-0.05, 0) is 24.1 Å². The maximum Gasteiger partial charge on any atom is 0.157 e. The number of fused-ring (bicyclic) bond motifs is 1. The van der Waals surface area contributed by atoms with E-state index in [1.54, 1.807) is 6.07 Å². The van der Waals surface area contributed by atoms with Crippen molar-refractivity contribution in [1.82, 2.24) is 0 Å². The maximum absolute atomic E-state index is 10.4. The minimum absolute atomic E-state index is 0.0446. The number of ether oxygens (including phenoxy) is 1. The smallest absolute Gasteiger partial charge is 0.157 e. The first-order valence-corrected chi connectivity index (χ1v) is 7.85. The number of rotatable bonds is 3. The van der Waals surface area contributed by atoms with Gasteiger partial charge < -0.3 is 30.3 Å². The molecule has 6 nitrogen and oxygen atoms in total. The Labute approximate surface area is 139 Å². The summed E-state index contributed by atoms with van der Waals surface area (Å²) in [6, 6.07) is 5.47. The Morgan fingerprint density at radius 3 is 2.42 bits per heavy atom. The molecule has 1 heterocycles. The molecular weight excluding hydrogens is 312 g/mol. The first-order valence-electron chi connectivity index (χ1n) is 7.85. The van der Waals surface area contributed by atoms with Crippen molar-refractivity contribution < 1.29 is 30.3 Å². The maximum atomic E-state index is 10.4. The van der Waals surface area contributed by atoms with Gasteiger partial charge in [0.1, 0.15) is 23.4 Å². The normalized spacial score (nSPS) is 19.6. The predicted molar refractivity (Wildman–Crippen MR) is 86.6 cm³/mol. The third-order valence-corrected chi connectivity index (χ3v) is 4.28. The number of hydrogen-bond acceptors (Lipinski definition) is 6. The van der Waals surface area contributed by atoms with E-state index in [2.05, 4.69) is 0 Å². The highest BCUT2D eigenvalue weighted by atomic mass is 16.5. The third-order valence-electron chi connectivity index (χ3n) is 4.28. The molecule has 128 valence electrons. The number of aliphatic hydroxyl groups is 1. The molecule has 2 aromatic carbocycles. The summed E-state index contributed by atoms with van der Waals surface area (Å²) in [6.07, 6.45) is -0.212. The van der Waals surface area contributed by atoms with Crippen LogP contribution in [0.25, 0.3) is 0 Å². The van der Waals surface area contributed by atoms with Crippen molar-refractivity contribution >= 4 is 0 Å². The van der Waals surface area contributed by atoms with Crippen LogP contribution in [0.5, 0.6) is 28.7 Å². The van der Waals surface area contributed by atoms with E-state index in [0.717, 1.165) is 6.42 Å². The van der Waals surface area contributed by atoms with Crippen molar-refractivity contribution in [2.45, 2.75) is 38.4 Å². The van der Waals surface area contributed by atoms with Crippen LogP contribution in [0, 0.1) is 0 Å². The summed E-state index contributed by atoms with van der Waals surface area (Å²) in [5, 5.41) is 49.7. The Morgan fingerprint density at radius 1 is 1.00 bits per heavy atom. The Bertz CT molecular complexity index is 750. The summed E-state index contributed by atoms with van der Waals surface area (Å²) in [6.45, 7) is 1.96. The molecule has 0 saturated heterocycles. The van der Waals surface area contributed by atoms with Crippen molar-refractivity contribution in [1.29, 1.82) is 0 Å². The van der Waals surface area contributed by atoms with Gasteiger partial charge in [-0.2, -0.15) is 0 Å². The highest BCUT2D eigenvalue weighted by Gasteiger charge is 2.34. The van der Waals surface area contributed by atoms with Gasteiger partial charge in [0, 0.05) is 23.6 Å². The standard InChI is InChI=1S/C18H20O6/c1-2-3-10-13(20)8-14(21)11-7-16(23)17(24-18(10)11)9-4-5-12(19)15(22)6-9/h4-6,8,16-17,19-23H,2-3,7H2,1H3/t16-,17+/m0/s1. The fourth-order valence-corrected chi connectivity index (χ4v) is 3.08. The average Bonchev–Trinajstić information content (AvgIpc) is 2.54. The second-order valence-corrected chi connectivity index (χ2v) is 6.01. The Balaban J connectivity index is 2.06. The van der Waals surface area contributed by atoms with Crippen LogP contribution in [-0.2, 0) is 12.8 Å². The highest BCUT2D eigenvalue weighted by molar-refractivity contribution is 5.58. The van der Waals surface area contributed by atoms with E-state index in [4.69, 9.17) is 4.74 Å². The fraction of sp³-hybridized carbons (Fsp3) is 0.333. The van der Waals surface area contributed by atoms with Crippen molar-refractivity contribution in [2.24, 2.45) is 0 Å². The second kappa shape index (κ2) is 6.13. The molecule has 0 bridgehead atoms. The van der Waals surface area contributed by atoms with Crippen molar-refractivity contribution in [3.05, 3.63) is 41.0 Å². The molecule has 5 N–H and O–H groups in total. The molecule has 6 heteroatoms. The zero-order valence-corrected chi connectivity index (χ0v) is 13.2. The van der Waals surface area contributed by atoms with Gasteiger partial charge in [0.25, 0.3) is 0 Å². The van der Waals surface area contributed by atoms with Crippen molar-refractivity contribution in [3.8, 4) is 28.7 Å². The number of phenolic OH excluding ortho intramolecular Hbond substituents is 4. The average molecular weight is 332 g/mol. The van der Waals surface area contributed by atoms with Gasteiger partial charge in [-0.3, -0.25) is 0 Å². The van der Waals surface area contributed by atoms with Crippen LogP contribution in [0.2, 0.25) is 0 Å². The summed E-state index contributed by atoms with van der Waals surface area (Å²) in [5.74, 6) is -0.351. The summed E-state index contributed by atoms with van der Waals surface area (Å²) in [4.78, 5) is 0. The SMILES string of the molecule is CCCc1c(O)cc(O)c2c1O[C@H](c1ccc(O)c(O)c1)[C@@H](O)C2. The quantitative estimate of drug-likeness (QED) is 0.552. The molecular formula is C18H20O6. The van der Waals surface area contributed by atoms with E-state index >= 15 is 0 Å². The van der Waals surface area contributed by atoms with Gasteiger partial charge in [0.2, 0.25) is 0 Å². The van der Waals surface area contributed by atoms with Crippen LogP contribution < -0.4 is 4.74 Å².